The Morgan fingerprint density at radius 2 is 1.97 bits per heavy atom. The van der Waals surface area contributed by atoms with E-state index in [2.05, 4.69) is 39.3 Å². The molecule has 9 nitrogen and oxygen atoms in total. The van der Waals surface area contributed by atoms with Crippen LogP contribution < -0.4 is 10.2 Å². The van der Waals surface area contributed by atoms with Crippen LogP contribution in [-0.4, -0.2) is 81.3 Å². The van der Waals surface area contributed by atoms with Crippen LogP contribution in [-0.2, 0) is 11.3 Å². The van der Waals surface area contributed by atoms with Crippen molar-refractivity contribution in [3.05, 3.63) is 30.1 Å². The standard InChI is InChI=1S/C24H34N6O3/c1-17-14-27(10-11-28(17)16-18-2-4-20(31)5-3-18)15-19-6-9-30-21(12-19)22(13-25-30)29-8-7-23(32)26-24(29)33/h6,9,12-13,17-18,20,31H,2-5,7-8,10-11,14-16H2,1H3,(H,26,32,33)/t17-,18-,20-/m0/s1. The third-order valence-corrected chi connectivity index (χ3v) is 7.47. The minimum absolute atomic E-state index is 0.0871. The van der Waals surface area contributed by atoms with Gasteiger partial charge in [-0.15, -0.1) is 0 Å². The highest BCUT2D eigenvalue weighted by Gasteiger charge is 2.29. The first-order valence-electron chi connectivity index (χ1n) is 12.2. The van der Waals surface area contributed by atoms with Crippen LogP contribution in [0.25, 0.3) is 5.52 Å². The Labute approximate surface area is 194 Å². The largest absolute Gasteiger partial charge is 0.393 e. The Morgan fingerprint density at radius 3 is 2.73 bits per heavy atom. The molecule has 2 aromatic rings. The molecule has 0 radical (unpaired) electrons. The maximum Gasteiger partial charge on any atom is 0.328 e. The lowest BCUT2D eigenvalue weighted by Crippen LogP contribution is -2.52. The lowest BCUT2D eigenvalue weighted by molar-refractivity contribution is -0.120. The average Bonchev–Trinajstić information content (AvgIpc) is 3.20. The molecule has 3 aliphatic rings. The predicted octanol–water partition coefficient (Wildman–Crippen LogP) is 1.84. The van der Waals surface area contributed by atoms with E-state index in [0.717, 1.165) is 69.6 Å². The normalized spacial score (nSPS) is 27.8. The van der Waals surface area contributed by atoms with E-state index >= 15 is 0 Å². The molecule has 5 rings (SSSR count). The summed E-state index contributed by atoms with van der Waals surface area (Å²) in [7, 11) is 0. The topological polar surface area (TPSA) is 93.4 Å². The third kappa shape index (κ3) is 4.90. The van der Waals surface area contributed by atoms with Gasteiger partial charge in [-0.1, -0.05) is 0 Å². The number of pyridine rings is 1. The molecule has 3 fully saturated rings. The lowest BCUT2D eigenvalue weighted by atomic mass is 9.87. The Balaban J connectivity index is 1.22. The second kappa shape index (κ2) is 9.40. The van der Waals surface area contributed by atoms with Gasteiger partial charge in [-0.2, -0.15) is 5.10 Å². The Bertz CT molecular complexity index is 1010. The van der Waals surface area contributed by atoms with E-state index in [9.17, 15) is 14.7 Å². The second-order valence-corrected chi connectivity index (χ2v) is 9.90. The molecule has 1 aliphatic carbocycles. The number of nitrogens with zero attached hydrogens (tertiary/aromatic N) is 5. The molecule has 33 heavy (non-hydrogen) atoms. The summed E-state index contributed by atoms with van der Waals surface area (Å²) in [4.78, 5) is 30.5. The summed E-state index contributed by atoms with van der Waals surface area (Å²) in [5.41, 5.74) is 2.81. The quantitative estimate of drug-likeness (QED) is 0.716. The zero-order valence-electron chi connectivity index (χ0n) is 19.3. The molecule has 0 aromatic carbocycles. The van der Waals surface area contributed by atoms with Gasteiger partial charge in [0.15, 0.2) is 0 Å². The summed E-state index contributed by atoms with van der Waals surface area (Å²) in [6, 6.07) is 4.32. The van der Waals surface area contributed by atoms with Gasteiger partial charge < -0.3 is 5.11 Å². The summed E-state index contributed by atoms with van der Waals surface area (Å²) in [5.74, 6) is 0.482. The molecule has 2 aromatic heterocycles. The number of amides is 3. The van der Waals surface area contributed by atoms with E-state index in [1.807, 2.05) is 6.20 Å². The maximum absolute atomic E-state index is 12.3. The molecule has 2 saturated heterocycles. The Hall–Kier alpha value is -2.49. The average molecular weight is 455 g/mol. The van der Waals surface area contributed by atoms with Crippen molar-refractivity contribution in [1.82, 2.24) is 24.7 Å². The van der Waals surface area contributed by atoms with Crippen molar-refractivity contribution in [2.45, 2.75) is 57.7 Å². The zero-order valence-corrected chi connectivity index (χ0v) is 19.3. The summed E-state index contributed by atoms with van der Waals surface area (Å²) in [5, 5.41) is 16.5. The molecule has 178 valence electrons. The van der Waals surface area contributed by atoms with Gasteiger partial charge in [-0.25, -0.2) is 9.31 Å². The number of aliphatic hydroxyl groups is 1. The lowest BCUT2D eigenvalue weighted by Gasteiger charge is -2.42. The number of anilines is 1. The van der Waals surface area contributed by atoms with Gasteiger partial charge in [-0.3, -0.25) is 24.8 Å². The molecule has 1 atom stereocenters. The smallest absolute Gasteiger partial charge is 0.328 e. The fourth-order valence-corrected chi connectivity index (χ4v) is 5.51. The molecule has 0 bridgehead atoms. The van der Waals surface area contributed by atoms with Crippen molar-refractivity contribution in [3.63, 3.8) is 0 Å². The summed E-state index contributed by atoms with van der Waals surface area (Å²) < 4.78 is 1.78. The minimum Gasteiger partial charge on any atom is -0.393 e. The fourth-order valence-electron chi connectivity index (χ4n) is 5.51. The number of aliphatic hydroxyl groups excluding tert-OH is 1. The maximum atomic E-state index is 12.3. The first kappa shape index (κ1) is 22.3. The number of carbonyl (C=O) groups excluding carboxylic acids is 2. The van der Waals surface area contributed by atoms with Crippen molar-refractivity contribution in [2.75, 3.05) is 37.6 Å². The molecular formula is C24H34N6O3. The zero-order chi connectivity index (χ0) is 22.9. The molecule has 2 N–H and O–H groups in total. The molecule has 0 unspecified atom stereocenters. The highest BCUT2D eigenvalue weighted by atomic mass is 16.3. The second-order valence-electron chi connectivity index (χ2n) is 9.90. The molecule has 2 aliphatic heterocycles. The SMILES string of the molecule is C[C@H]1CN(Cc2ccn3ncc(N4CCC(=O)NC4=O)c3c2)CCN1C[C@H]1CC[C@H](O)CC1. The highest BCUT2D eigenvalue weighted by molar-refractivity contribution is 6.07. The molecule has 1 saturated carbocycles. The number of hydrogen-bond donors (Lipinski definition) is 2. The number of aromatic nitrogens is 2. The Morgan fingerprint density at radius 1 is 1.15 bits per heavy atom. The van der Waals surface area contributed by atoms with Crippen LogP contribution in [0, 0.1) is 5.92 Å². The van der Waals surface area contributed by atoms with Gasteiger partial charge in [0.2, 0.25) is 5.91 Å². The van der Waals surface area contributed by atoms with Crippen molar-refractivity contribution >= 4 is 23.1 Å². The van der Waals surface area contributed by atoms with E-state index in [-0.39, 0.29) is 18.0 Å². The van der Waals surface area contributed by atoms with Crippen LogP contribution in [0.1, 0.15) is 44.6 Å². The number of urea groups is 1. The fraction of sp³-hybridized carbons (Fsp3) is 0.625. The highest BCUT2D eigenvalue weighted by Crippen LogP contribution is 2.27. The predicted molar refractivity (Wildman–Crippen MR) is 125 cm³/mol. The summed E-state index contributed by atoms with van der Waals surface area (Å²) in [6.07, 6.45) is 8.04. The van der Waals surface area contributed by atoms with Gasteiger partial charge in [0, 0.05) is 57.9 Å². The monoisotopic (exact) mass is 454 g/mol. The minimum atomic E-state index is -0.385. The summed E-state index contributed by atoms with van der Waals surface area (Å²) in [6.45, 7) is 7.83. The van der Waals surface area contributed by atoms with Crippen molar-refractivity contribution in [1.29, 1.82) is 0 Å². The van der Waals surface area contributed by atoms with E-state index < -0.39 is 0 Å². The number of nitrogens with one attached hydrogen (secondary N) is 1. The van der Waals surface area contributed by atoms with Gasteiger partial charge in [0.1, 0.15) is 0 Å². The van der Waals surface area contributed by atoms with Crippen LogP contribution in [0.4, 0.5) is 10.5 Å². The van der Waals surface area contributed by atoms with Gasteiger partial charge in [-0.05, 0) is 56.2 Å². The van der Waals surface area contributed by atoms with Crippen molar-refractivity contribution in [3.8, 4) is 0 Å². The number of hydrogen-bond acceptors (Lipinski definition) is 6. The number of carbonyl (C=O) groups is 2. The van der Waals surface area contributed by atoms with Crippen LogP contribution in [0.15, 0.2) is 24.5 Å². The van der Waals surface area contributed by atoms with E-state index in [0.29, 0.717) is 24.9 Å². The Kier molecular flexibility index (Phi) is 6.36. The number of fused-ring (bicyclic) bond motifs is 1. The first-order valence-corrected chi connectivity index (χ1v) is 12.2. The van der Waals surface area contributed by atoms with E-state index in [1.54, 1.807) is 15.6 Å². The first-order chi connectivity index (χ1) is 16.0. The van der Waals surface area contributed by atoms with Crippen LogP contribution >= 0.6 is 0 Å². The summed E-state index contributed by atoms with van der Waals surface area (Å²) >= 11 is 0. The van der Waals surface area contributed by atoms with Gasteiger partial charge >= 0.3 is 6.03 Å². The number of rotatable bonds is 5. The van der Waals surface area contributed by atoms with Gasteiger partial charge in [0.05, 0.1) is 23.5 Å². The van der Waals surface area contributed by atoms with E-state index in [4.69, 9.17) is 0 Å². The van der Waals surface area contributed by atoms with Crippen molar-refractivity contribution < 1.29 is 14.7 Å². The third-order valence-electron chi connectivity index (χ3n) is 7.47. The molecule has 9 heteroatoms. The molecule has 3 amide bonds. The van der Waals surface area contributed by atoms with E-state index in [1.165, 1.54) is 5.56 Å². The van der Waals surface area contributed by atoms with Crippen LogP contribution in [0.2, 0.25) is 0 Å². The van der Waals surface area contributed by atoms with Crippen LogP contribution in [0.5, 0.6) is 0 Å². The van der Waals surface area contributed by atoms with Crippen LogP contribution in [0.3, 0.4) is 0 Å². The van der Waals surface area contributed by atoms with Gasteiger partial charge in [0.25, 0.3) is 0 Å². The van der Waals surface area contributed by atoms with Crippen molar-refractivity contribution in [2.24, 2.45) is 5.92 Å². The number of imide groups is 1. The molecule has 4 heterocycles. The molecule has 0 spiro atoms. The molecular weight excluding hydrogens is 420 g/mol. The number of piperazine rings is 1.